The van der Waals surface area contributed by atoms with Crippen molar-refractivity contribution < 1.29 is 14.3 Å². The number of piperidine rings is 1. The SMILES string of the molecule is COCCN1C[C@H]2[C@@H](C1)N(C(=O)CCc1ccccc1)CC[C@H]2OC. The van der Waals surface area contributed by atoms with E-state index in [2.05, 4.69) is 21.9 Å². The molecule has 0 bridgehead atoms. The summed E-state index contributed by atoms with van der Waals surface area (Å²) in [5, 5.41) is 0. The third-order valence-electron chi connectivity index (χ3n) is 5.65. The molecule has 3 atom stereocenters. The van der Waals surface area contributed by atoms with Gasteiger partial charge in [0.25, 0.3) is 0 Å². The summed E-state index contributed by atoms with van der Waals surface area (Å²) in [7, 11) is 3.53. The first-order valence-corrected chi connectivity index (χ1v) is 9.30. The van der Waals surface area contributed by atoms with E-state index in [0.29, 0.717) is 12.3 Å². The van der Waals surface area contributed by atoms with Gasteiger partial charge in [-0.3, -0.25) is 9.69 Å². The van der Waals surface area contributed by atoms with Crippen molar-refractivity contribution in [1.29, 1.82) is 0 Å². The van der Waals surface area contributed by atoms with Gasteiger partial charge < -0.3 is 14.4 Å². The van der Waals surface area contributed by atoms with E-state index in [1.54, 1.807) is 14.2 Å². The largest absolute Gasteiger partial charge is 0.383 e. The van der Waals surface area contributed by atoms with Crippen LogP contribution in [0.15, 0.2) is 30.3 Å². The second-order valence-corrected chi connectivity index (χ2v) is 7.12. The number of hydrogen-bond donors (Lipinski definition) is 0. The quantitative estimate of drug-likeness (QED) is 0.755. The van der Waals surface area contributed by atoms with E-state index in [4.69, 9.17) is 9.47 Å². The summed E-state index contributed by atoms with van der Waals surface area (Å²) >= 11 is 0. The van der Waals surface area contributed by atoms with E-state index < -0.39 is 0 Å². The van der Waals surface area contributed by atoms with Crippen molar-refractivity contribution in [2.45, 2.75) is 31.4 Å². The monoisotopic (exact) mass is 346 g/mol. The Kier molecular flexibility index (Phi) is 6.45. The van der Waals surface area contributed by atoms with Crippen LogP contribution in [-0.2, 0) is 20.7 Å². The number of rotatable bonds is 7. The highest BCUT2D eigenvalue weighted by atomic mass is 16.5. The number of hydrogen-bond acceptors (Lipinski definition) is 4. The van der Waals surface area contributed by atoms with Gasteiger partial charge in [-0.25, -0.2) is 0 Å². The van der Waals surface area contributed by atoms with Crippen molar-refractivity contribution >= 4 is 5.91 Å². The molecule has 2 fully saturated rings. The molecule has 2 heterocycles. The van der Waals surface area contributed by atoms with Crippen molar-refractivity contribution in [3.8, 4) is 0 Å². The number of carbonyl (C=O) groups excluding carboxylic acids is 1. The molecule has 0 aliphatic carbocycles. The van der Waals surface area contributed by atoms with Crippen LogP contribution in [0.4, 0.5) is 0 Å². The van der Waals surface area contributed by atoms with E-state index in [-0.39, 0.29) is 18.1 Å². The summed E-state index contributed by atoms with van der Waals surface area (Å²) in [4.78, 5) is 17.4. The standard InChI is InChI=1S/C20H30N2O3/c1-24-13-12-21-14-17-18(15-21)22(11-10-19(17)25-2)20(23)9-8-16-6-4-3-5-7-16/h3-7,17-19H,8-15H2,1-2H3/t17-,18+,19+/m0/s1. The molecule has 0 unspecified atom stereocenters. The van der Waals surface area contributed by atoms with Gasteiger partial charge in [-0.1, -0.05) is 30.3 Å². The number of aryl methyl sites for hydroxylation is 1. The van der Waals surface area contributed by atoms with E-state index in [0.717, 1.165) is 45.6 Å². The number of fused-ring (bicyclic) bond motifs is 1. The molecule has 2 saturated heterocycles. The third-order valence-corrected chi connectivity index (χ3v) is 5.65. The maximum atomic E-state index is 12.9. The molecule has 5 heteroatoms. The number of nitrogens with zero attached hydrogens (tertiary/aromatic N) is 2. The van der Waals surface area contributed by atoms with Crippen molar-refractivity contribution in [1.82, 2.24) is 9.80 Å². The smallest absolute Gasteiger partial charge is 0.223 e. The van der Waals surface area contributed by atoms with E-state index in [1.807, 2.05) is 18.2 Å². The summed E-state index contributed by atoms with van der Waals surface area (Å²) < 4.78 is 10.9. The third kappa shape index (κ3) is 4.40. The van der Waals surface area contributed by atoms with Crippen molar-refractivity contribution in [3.63, 3.8) is 0 Å². The fraction of sp³-hybridized carbons (Fsp3) is 0.650. The normalized spacial score (nSPS) is 26.6. The summed E-state index contributed by atoms with van der Waals surface area (Å²) in [6.07, 6.45) is 2.60. The van der Waals surface area contributed by atoms with Crippen LogP contribution in [-0.4, -0.2) is 74.9 Å². The molecule has 0 aromatic heterocycles. The molecule has 5 nitrogen and oxygen atoms in total. The zero-order valence-electron chi connectivity index (χ0n) is 15.4. The molecular formula is C20H30N2O3. The Bertz CT molecular complexity index is 551. The number of benzene rings is 1. The van der Waals surface area contributed by atoms with Crippen LogP contribution < -0.4 is 0 Å². The molecule has 0 spiro atoms. The number of methoxy groups -OCH3 is 2. The first-order chi connectivity index (χ1) is 12.2. The zero-order valence-corrected chi connectivity index (χ0v) is 15.4. The van der Waals surface area contributed by atoms with E-state index in [9.17, 15) is 4.79 Å². The molecule has 138 valence electrons. The van der Waals surface area contributed by atoms with Crippen LogP contribution in [0, 0.1) is 5.92 Å². The van der Waals surface area contributed by atoms with Crippen LogP contribution >= 0.6 is 0 Å². The van der Waals surface area contributed by atoms with Gasteiger partial charge in [0.2, 0.25) is 5.91 Å². The lowest BCUT2D eigenvalue weighted by Crippen LogP contribution is -2.53. The molecular weight excluding hydrogens is 316 g/mol. The highest BCUT2D eigenvalue weighted by Crippen LogP contribution is 2.32. The first-order valence-electron chi connectivity index (χ1n) is 9.30. The molecule has 1 amide bonds. The van der Waals surface area contributed by atoms with E-state index in [1.165, 1.54) is 5.56 Å². The molecule has 0 radical (unpaired) electrons. The Labute approximate surface area is 150 Å². The molecule has 25 heavy (non-hydrogen) atoms. The number of likely N-dealkylation sites (tertiary alicyclic amines) is 2. The molecule has 1 aromatic carbocycles. The van der Waals surface area contributed by atoms with Crippen molar-refractivity contribution in [2.75, 3.05) is 47.0 Å². The maximum Gasteiger partial charge on any atom is 0.223 e. The van der Waals surface area contributed by atoms with Crippen LogP contribution in [0.5, 0.6) is 0 Å². The average Bonchev–Trinajstić information content (AvgIpc) is 3.08. The van der Waals surface area contributed by atoms with Crippen LogP contribution in [0.2, 0.25) is 0 Å². The average molecular weight is 346 g/mol. The highest BCUT2D eigenvalue weighted by Gasteiger charge is 2.45. The summed E-state index contributed by atoms with van der Waals surface area (Å²) in [5.74, 6) is 0.693. The Morgan fingerprint density at radius 3 is 2.72 bits per heavy atom. The minimum atomic E-state index is 0.260. The number of amides is 1. The van der Waals surface area contributed by atoms with Gasteiger partial charge >= 0.3 is 0 Å². The fourth-order valence-electron chi connectivity index (χ4n) is 4.28. The van der Waals surface area contributed by atoms with Gasteiger partial charge in [-0.15, -0.1) is 0 Å². The highest BCUT2D eigenvalue weighted by molar-refractivity contribution is 5.77. The molecule has 2 aliphatic heterocycles. The molecule has 2 aliphatic rings. The first kappa shape index (κ1) is 18.4. The van der Waals surface area contributed by atoms with Crippen LogP contribution in [0.1, 0.15) is 18.4 Å². The zero-order chi connectivity index (χ0) is 17.6. The summed E-state index contributed by atoms with van der Waals surface area (Å²) in [6, 6.07) is 10.5. The van der Waals surface area contributed by atoms with Gasteiger partial charge in [0.1, 0.15) is 0 Å². The molecule has 3 rings (SSSR count). The van der Waals surface area contributed by atoms with Crippen LogP contribution in [0.3, 0.4) is 0 Å². The Morgan fingerprint density at radius 1 is 1.20 bits per heavy atom. The minimum Gasteiger partial charge on any atom is -0.383 e. The van der Waals surface area contributed by atoms with E-state index >= 15 is 0 Å². The predicted octanol–water partition coefficient (Wildman–Crippen LogP) is 1.81. The van der Waals surface area contributed by atoms with Gasteiger partial charge in [-0.05, 0) is 18.4 Å². The number of carbonyl (C=O) groups is 1. The second-order valence-electron chi connectivity index (χ2n) is 7.12. The lowest BCUT2D eigenvalue weighted by molar-refractivity contribution is -0.138. The summed E-state index contributed by atoms with van der Waals surface area (Å²) in [5.41, 5.74) is 1.23. The topological polar surface area (TPSA) is 42.0 Å². The number of ether oxygens (including phenoxy) is 2. The molecule has 0 saturated carbocycles. The Hall–Kier alpha value is -1.43. The lowest BCUT2D eigenvalue weighted by atomic mass is 9.88. The van der Waals surface area contributed by atoms with Gasteiger partial charge in [0.15, 0.2) is 0 Å². The van der Waals surface area contributed by atoms with Gasteiger partial charge in [0.05, 0.1) is 18.8 Å². The van der Waals surface area contributed by atoms with Gasteiger partial charge in [0, 0.05) is 52.7 Å². The van der Waals surface area contributed by atoms with Crippen molar-refractivity contribution in [3.05, 3.63) is 35.9 Å². The van der Waals surface area contributed by atoms with Crippen LogP contribution in [0.25, 0.3) is 0 Å². The molecule has 0 N–H and O–H groups in total. The van der Waals surface area contributed by atoms with Gasteiger partial charge in [-0.2, -0.15) is 0 Å². The Balaban J connectivity index is 1.61. The summed E-state index contributed by atoms with van der Waals surface area (Å²) in [6.45, 7) is 4.40. The lowest BCUT2D eigenvalue weighted by Gasteiger charge is -2.41. The second kappa shape index (κ2) is 8.79. The van der Waals surface area contributed by atoms with Crippen molar-refractivity contribution in [2.24, 2.45) is 5.92 Å². The fourth-order valence-corrected chi connectivity index (χ4v) is 4.28. The molecule has 1 aromatic rings. The minimum absolute atomic E-state index is 0.260. The Morgan fingerprint density at radius 2 is 2.00 bits per heavy atom. The maximum absolute atomic E-state index is 12.9. The predicted molar refractivity (Wildman–Crippen MR) is 97.5 cm³/mol.